The van der Waals surface area contributed by atoms with Gasteiger partial charge in [0.2, 0.25) is 5.91 Å². The van der Waals surface area contributed by atoms with Gasteiger partial charge in [-0.2, -0.15) is 5.26 Å². The van der Waals surface area contributed by atoms with E-state index in [-0.39, 0.29) is 5.91 Å². The minimum Gasteiger partial charge on any atom is -0.330 e. The lowest BCUT2D eigenvalue weighted by atomic mass is 10.1. The third kappa shape index (κ3) is 3.98. The number of aryl methyl sites for hydroxylation is 2. The zero-order valence-corrected chi connectivity index (χ0v) is 14.6. The molecule has 3 rings (SSSR count). The summed E-state index contributed by atoms with van der Waals surface area (Å²) in [4.78, 5) is 16.7. The molecule has 26 heavy (non-hydrogen) atoms. The molecule has 1 aromatic heterocycles. The number of carbonyl (C=O) groups excluding carboxylic acids is 1. The van der Waals surface area contributed by atoms with E-state index in [1.807, 2.05) is 47.2 Å². The number of amides is 1. The molecule has 1 heterocycles. The van der Waals surface area contributed by atoms with Gasteiger partial charge in [-0.1, -0.05) is 37.3 Å². The van der Waals surface area contributed by atoms with Crippen molar-refractivity contribution in [1.82, 2.24) is 9.55 Å². The van der Waals surface area contributed by atoms with Crippen LogP contribution in [0.3, 0.4) is 0 Å². The number of anilines is 1. The number of hydrogen-bond donors (Lipinski definition) is 1. The Morgan fingerprint density at radius 3 is 2.88 bits per heavy atom. The summed E-state index contributed by atoms with van der Waals surface area (Å²) in [6, 6.07) is 17.3. The fraction of sp³-hybridized carbons (Fsp3) is 0.190. The van der Waals surface area contributed by atoms with Crippen LogP contribution in [0.1, 0.15) is 24.5 Å². The number of benzene rings is 2. The second kappa shape index (κ2) is 8.13. The van der Waals surface area contributed by atoms with Crippen LogP contribution in [0.5, 0.6) is 0 Å². The number of imidazole rings is 1. The number of nitrogens with one attached hydrogen (secondary N) is 1. The minimum atomic E-state index is -0.0312. The molecule has 0 fully saturated rings. The normalized spacial score (nSPS) is 10.3. The van der Waals surface area contributed by atoms with Gasteiger partial charge in [0.25, 0.3) is 0 Å². The fourth-order valence-electron chi connectivity index (χ4n) is 2.86. The first-order valence-electron chi connectivity index (χ1n) is 8.60. The monoisotopic (exact) mass is 344 g/mol. The summed E-state index contributed by atoms with van der Waals surface area (Å²) in [6.07, 6.45) is 4.77. The molecule has 2 aromatic carbocycles. The molecule has 0 radical (unpaired) electrons. The van der Waals surface area contributed by atoms with Crippen LogP contribution < -0.4 is 5.32 Å². The zero-order valence-electron chi connectivity index (χ0n) is 14.6. The number of aromatic nitrogens is 2. The Bertz CT molecular complexity index is 952. The second-order valence-electron chi connectivity index (χ2n) is 5.95. The lowest BCUT2D eigenvalue weighted by Gasteiger charge is -2.11. The van der Waals surface area contributed by atoms with Gasteiger partial charge < -0.3 is 9.88 Å². The van der Waals surface area contributed by atoms with E-state index < -0.39 is 0 Å². The topological polar surface area (TPSA) is 70.7 Å². The largest absolute Gasteiger partial charge is 0.330 e. The van der Waals surface area contributed by atoms with Gasteiger partial charge in [0.1, 0.15) is 5.82 Å². The molecule has 0 bridgehead atoms. The minimum absolute atomic E-state index is 0.0312. The molecule has 0 unspecified atom stereocenters. The predicted octanol–water partition coefficient (Wildman–Crippen LogP) is 4.01. The molecule has 0 aliphatic carbocycles. The highest BCUT2D eigenvalue weighted by Gasteiger charge is 2.10. The summed E-state index contributed by atoms with van der Waals surface area (Å²) >= 11 is 0. The van der Waals surface area contributed by atoms with Crippen LogP contribution in [0.15, 0.2) is 60.9 Å². The molecule has 3 aromatic rings. The van der Waals surface area contributed by atoms with Crippen LogP contribution in [0.2, 0.25) is 0 Å². The molecule has 0 atom stereocenters. The maximum absolute atomic E-state index is 12.3. The van der Waals surface area contributed by atoms with Gasteiger partial charge in [-0.25, -0.2) is 4.98 Å². The van der Waals surface area contributed by atoms with Crippen molar-refractivity contribution in [3.63, 3.8) is 0 Å². The van der Waals surface area contributed by atoms with Gasteiger partial charge in [-0.05, 0) is 30.2 Å². The second-order valence-corrected chi connectivity index (χ2v) is 5.95. The van der Waals surface area contributed by atoms with E-state index in [1.165, 1.54) is 0 Å². The van der Waals surface area contributed by atoms with Crippen molar-refractivity contribution < 1.29 is 4.79 Å². The van der Waals surface area contributed by atoms with Crippen LogP contribution in [0, 0.1) is 11.3 Å². The van der Waals surface area contributed by atoms with Crippen molar-refractivity contribution in [3.8, 4) is 17.5 Å². The van der Waals surface area contributed by atoms with E-state index >= 15 is 0 Å². The van der Waals surface area contributed by atoms with E-state index in [9.17, 15) is 4.79 Å². The van der Waals surface area contributed by atoms with Gasteiger partial charge in [-0.3, -0.25) is 4.79 Å². The third-order valence-electron chi connectivity index (χ3n) is 4.22. The summed E-state index contributed by atoms with van der Waals surface area (Å²) in [5, 5.41) is 12.0. The number of nitriles is 1. The summed E-state index contributed by atoms with van der Waals surface area (Å²) in [5.74, 6) is 0.722. The Balaban J connectivity index is 1.68. The number of para-hydroxylation sites is 1. The summed E-state index contributed by atoms with van der Waals surface area (Å²) in [7, 11) is 0. The van der Waals surface area contributed by atoms with Gasteiger partial charge in [0.15, 0.2) is 0 Å². The van der Waals surface area contributed by atoms with Crippen LogP contribution >= 0.6 is 0 Å². The van der Waals surface area contributed by atoms with E-state index in [2.05, 4.69) is 23.3 Å². The summed E-state index contributed by atoms with van der Waals surface area (Å²) in [5.41, 5.74) is 3.45. The highest BCUT2D eigenvalue weighted by Crippen LogP contribution is 2.20. The van der Waals surface area contributed by atoms with Gasteiger partial charge in [0.05, 0.1) is 11.6 Å². The maximum Gasteiger partial charge on any atom is 0.226 e. The van der Waals surface area contributed by atoms with Crippen molar-refractivity contribution in [3.05, 3.63) is 72.1 Å². The summed E-state index contributed by atoms with van der Waals surface area (Å²) in [6.45, 7) is 2.59. The predicted molar refractivity (Wildman–Crippen MR) is 101 cm³/mol. The molecule has 0 aliphatic rings. The molecular formula is C21H20N4O. The fourth-order valence-corrected chi connectivity index (χ4v) is 2.86. The lowest BCUT2D eigenvalue weighted by Crippen LogP contribution is -2.15. The summed E-state index contributed by atoms with van der Waals surface area (Å²) < 4.78 is 1.93. The first-order chi connectivity index (χ1) is 12.7. The zero-order chi connectivity index (χ0) is 18.4. The van der Waals surface area contributed by atoms with Gasteiger partial charge in [-0.15, -0.1) is 0 Å². The molecule has 130 valence electrons. The quantitative estimate of drug-likeness (QED) is 0.734. The Hall–Kier alpha value is -3.39. The maximum atomic E-state index is 12.3. The molecule has 5 heteroatoms. The SMILES string of the molecule is CCc1ccccc1NC(=O)CCn1ccnc1-c1cccc(C#N)c1. The molecular weight excluding hydrogens is 324 g/mol. The Morgan fingerprint density at radius 2 is 2.08 bits per heavy atom. The van der Waals surface area contributed by atoms with Crippen LogP contribution in [0.25, 0.3) is 11.4 Å². The number of rotatable bonds is 6. The van der Waals surface area contributed by atoms with Crippen molar-refractivity contribution in [2.75, 3.05) is 5.32 Å². The lowest BCUT2D eigenvalue weighted by molar-refractivity contribution is -0.116. The third-order valence-corrected chi connectivity index (χ3v) is 4.22. The molecule has 0 saturated carbocycles. The van der Waals surface area contributed by atoms with Crippen LogP contribution in [-0.2, 0) is 17.8 Å². The van der Waals surface area contributed by atoms with Crippen LogP contribution in [-0.4, -0.2) is 15.5 Å². The highest BCUT2D eigenvalue weighted by atomic mass is 16.1. The molecule has 0 saturated heterocycles. The van der Waals surface area contributed by atoms with Crippen LogP contribution in [0.4, 0.5) is 5.69 Å². The van der Waals surface area contributed by atoms with Crippen molar-refractivity contribution >= 4 is 11.6 Å². The standard InChI is InChI=1S/C21H20N4O/c1-2-17-7-3-4-9-19(17)24-20(26)10-12-25-13-11-23-21(25)18-8-5-6-16(14-18)15-22/h3-9,11,13-14H,2,10,12H2,1H3,(H,24,26). The average Bonchev–Trinajstić information content (AvgIpc) is 3.15. The molecule has 0 spiro atoms. The molecule has 0 aliphatic heterocycles. The van der Waals surface area contributed by atoms with E-state index in [0.29, 0.717) is 18.5 Å². The van der Waals surface area contributed by atoms with Crippen molar-refractivity contribution in [1.29, 1.82) is 5.26 Å². The first-order valence-corrected chi connectivity index (χ1v) is 8.60. The van der Waals surface area contributed by atoms with E-state index in [1.54, 1.807) is 18.3 Å². The van der Waals surface area contributed by atoms with E-state index in [4.69, 9.17) is 5.26 Å². The molecule has 1 amide bonds. The highest BCUT2D eigenvalue weighted by molar-refractivity contribution is 5.91. The number of carbonyl (C=O) groups is 1. The van der Waals surface area contributed by atoms with Crippen molar-refractivity contribution in [2.24, 2.45) is 0 Å². The molecule has 1 N–H and O–H groups in total. The smallest absolute Gasteiger partial charge is 0.226 e. The number of hydrogen-bond acceptors (Lipinski definition) is 3. The molecule has 5 nitrogen and oxygen atoms in total. The van der Waals surface area contributed by atoms with Crippen molar-refractivity contribution in [2.45, 2.75) is 26.3 Å². The van der Waals surface area contributed by atoms with E-state index in [0.717, 1.165) is 29.1 Å². The Kier molecular flexibility index (Phi) is 5.45. The Labute approximate surface area is 152 Å². The average molecular weight is 344 g/mol. The number of nitrogens with zero attached hydrogens (tertiary/aromatic N) is 3. The van der Waals surface area contributed by atoms with Gasteiger partial charge >= 0.3 is 0 Å². The Morgan fingerprint density at radius 1 is 1.23 bits per heavy atom. The first kappa shape index (κ1) is 17.4. The van der Waals surface area contributed by atoms with Gasteiger partial charge in [0, 0.05) is 36.6 Å².